The smallest absolute Gasteiger partial charge is 0.0594 e. The Morgan fingerprint density at radius 2 is 1.94 bits per heavy atom. The van der Waals surface area contributed by atoms with Crippen molar-refractivity contribution < 1.29 is 5.11 Å². The molecule has 0 radical (unpaired) electrons. The van der Waals surface area contributed by atoms with Crippen molar-refractivity contribution in [2.75, 3.05) is 19.7 Å². The average Bonchev–Trinajstić information content (AvgIpc) is 2.33. The summed E-state index contributed by atoms with van der Waals surface area (Å²) in [6.45, 7) is 8.10. The topological polar surface area (TPSA) is 58.3 Å². The summed E-state index contributed by atoms with van der Waals surface area (Å²) in [5.41, 5.74) is 11.1. The molecule has 1 unspecified atom stereocenters. The van der Waals surface area contributed by atoms with E-state index in [-0.39, 0.29) is 12.6 Å². The molecule has 0 spiro atoms. The summed E-state index contributed by atoms with van der Waals surface area (Å²) < 4.78 is 0. The molecular formula is C14H24N2O. The van der Waals surface area contributed by atoms with Gasteiger partial charge in [-0.25, -0.2) is 0 Å². The van der Waals surface area contributed by atoms with Gasteiger partial charge in [0.2, 0.25) is 0 Å². The van der Waals surface area contributed by atoms with Gasteiger partial charge in [-0.3, -0.25) is 0 Å². The van der Waals surface area contributed by atoms with Gasteiger partial charge in [-0.2, -0.15) is 0 Å². The lowest BCUT2D eigenvalue weighted by Gasteiger charge is -2.13. The first-order valence-electron chi connectivity index (χ1n) is 6.19. The quantitative estimate of drug-likeness (QED) is 0.647. The van der Waals surface area contributed by atoms with Crippen LogP contribution in [-0.4, -0.2) is 30.8 Å². The average molecular weight is 236 g/mol. The number of nitrogens with two attached hydrogens (primary N) is 1. The van der Waals surface area contributed by atoms with Crippen LogP contribution in [0.4, 0.5) is 0 Å². The zero-order valence-electron chi connectivity index (χ0n) is 11.1. The Morgan fingerprint density at radius 3 is 2.59 bits per heavy atom. The van der Waals surface area contributed by atoms with Gasteiger partial charge in [0.05, 0.1) is 6.61 Å². The van der Waals surface area contributed by atoms with E-state index in [0.29, 0.717) is 6.54 Å². The van der Waals surface area contributed by atoms with Crippen molar-refractivity contribution in [3.05, 3.63) is 34.4 Å². The number of rotatable bonds is 6. The van der Waals surface area contributed by atoms with Gasteiger partial charge in [-0.15, -0.1) is 0 Å². The molecule has 0 saturated carbocycles. The predicted molar refractivity (Wildman–Crippen MR) is 72.3 cm³/mol. The fourth-order valence-electron chi connectivity index (χ4n) is 1.86. The van der Waals surface area contributed by atoms with E-state index in [9.17, 15) is 0 Å². The summed E-state index contributed by atoms with van der Waals surface area (Å²) in [5, 5.41) is 12.1. The SMILES string of the molecule is Cc1ccc(CCNCC(N)CO)c(C)c1C. The van der Waals surface area contributed by atoms with E-state index >= 15 is 0 Å². The van der Waals surface area contributed by atoms with Gasteiger partial charge in [0.25, 0.3) is 0 Å². The largest absolute Gasteiger partial charge is 0.395 e. The Kier molecular flexibility index (Phi) is 5.62. The van der Waals surface area contributed by atoms with Gasteiger partial charge in [-0.05, 0) is 56.0 Å². The molecule has 0 aliphatic carbocycles. The number of hydrogen-bond donors (Lipinski definition) is 3. The van der Waals surface area contributed by atoms with E-state index in [0.717, 1.165) is 13.0 Å². The lowest BCUT2D eigenvalue weighted by atomic mass is 9.97. The highest BCUT2D eigenvalue weighted by atomic mass is 16.3. The van der Waals surface area contributed by atoms with E-state index in [2.05, 4.69) is 38.2 Å². The molecule has 0 bridgehead atoms. The predicted octanol–water partition coefficient (Wildman–Crippen LogP) is 1.06. The second-order valence-corrected chi connectivity index (χ2v) is 4.69. The number of aliphatic hydroxyl groups is 1. The molecule has 0 aliphatic heterocycles. The van der Waals surface area contributed by atoms with Crippen LogP contribution in [0.15, 0.2) is 12.1 Å². The number of aryl methyl sites for hydroxylation is 1. The fraction of sp³-hybridized carbons (Fsp3) is 0.571. The molecule has 3 heteroatoms. The van der Waals surface area contributed by atoms with Crippen LogP contribution in [0.3, 0.4) is 0 Å². The molecule has 1 rings (SSSR count). The second-order valence-electron chi connectivity index (χ2n) is 4.69. The summed E-state index contributed by atoms with van der Waals surface area (Å²) in [5.74, 6) is 0. The lowest BCUT2D eigenvalue weighted by Crippen LogP contribution is -2.37. The summed E-state index contributed by atoms with van der Waals surface area (Å²) in [6.07, 6.45) is 1.01. The van der Waals surface area contributed by atoms with E-state index in [1.807, 2.05) is 0 Å². The Labute approximate surface area is 104 Å². The molecule has 17 heavy (non-hydrogen) atoms. The van der Waals surface area contributed by atoms with Crippen LogP contribution >= 0.6 is 0 Å². The third kappa shape index (κ3) is 4.11. The summed E-state index contributed by atoms with van der Waals surface area (Å²) in [7, 11) is 0. The van der Waals surface area contributed by atoms with Crippen molar-refractivity contribution in [3.8, 4) is 0 Å². The highest BCUT2D eigenvalue weighted by Gasteiger charge is 2.04. The first kappa shape index (κ1) is 14.2. The normalized spacial score (nSPS) is 12.8. The molecule has 0 heterocycles. The Balaban J connectivity index is 2.45. The zero-order valence-corrected chi connectivity index (χ0v) is 11.1. The maximum Gasteiger partial charge on any atom is 0.0594 e. The van der Waals surface area contributed by atoms with Crippen LogP contribution in [0.1, 0.15) is 22.3 Å². The summed E-state index contributed by atoms with van der Waals surface area (Å²) in [6, 6.07) is 4.22. The van der Waals surface area contributed by atoms with Crippen molar-refractivity contribution in [1.82, 2.24) is 5.32 Å². The summed E-state index contributed by atoms with van der Waals surface area (Å²) >= 11 is 0. The molecule has 0 amide bonds. The fourth-order valence-corrected chi connectivity index (χ4v) is 1.86. The maximum absolute atomic E-state index is 8.80. The minimum atomic E-state index is -0.157. The molecule has 1 aromatic rings. The molecule has 4 N–H and O–H groups in total. The Bertz CT molecular complexity index is 363. The first-order chi connectivity index (χ1) is 8.06. The van der Waals surface area contributed by atoms with Crippen LogP contribution in [0, 0.1) is 20.8 Å². The maximum atomic E-state index is 8.80. The van der Waals surface area contributed by atoms with Gasteiger partial charge in [0.1, 0.15) is 0 Å². The molecule has 0 saturated heterocycles. The molecule has 0 aromatic heterocycles. The second kappa shape index (κ2) is 6.74. The number of hydrogen-bond acceptors (Lipinski definition) is 3. The van der Waals surface area contributed by atoms with Gasteiger partial charge < -0.3 is 16.2 Å². The van der Waals surface area contributed by atoms with Crippen molar-refractivity contribution in [2.45, 2.75) is 33.2 Å². The number of aliphatic hydroxyl groups excluding tert-OH is 1. The van der Waals surface area contributed by atoms with E-state index in [1.165, 1.54) is 22.3 Å². The Hall–Kier alpha value is -0.900. The molecular weight excluding hydrogens is 212 g/mol. The first-order valence-corrected chi connectivity index (χ1v) is 6.19. The molecule has 3 nitrogen and oxygen atoms in total. The molecule has 1 aromatic carbocycles. The molecule has 96 valence electrons. The van der Waals surface area contributed by atoms with E-state index < -0.39 is 0 Å². The van der Waals surface area contributed by atoms with Crippen molar-refractivity contribution >= 4 is 0 Å². The van der Waals surface area contributed by atoms with Crippen LogP contribution in [0.25, 0.3) is 0 Å². The molecule has 0 fully saturated rings. The number of benzene rings is 1. The van der Waals surface area contributed by atoms with Crippen molar-refractivity contribution in [3.63, 3.8) is 0 Å². The third-order valence-electron chi connectivity index (χ3n) is 3.38. The zero-order chi connectivity index (χ0) is 12.8. The molecule has 0 aliphatic rings. The number of nitrogens with one attached hydrogen (secondary N) is 1. The van der Waals surface area contributed by atoms with E-state index in [4.69, 9.17) is 10.8 Å². The van der Waals surface area contributed by atoms with Crippen molar-refractivity contribution in [1.29, 1.82) is 0 Å². The van der Waals surface area contributed by atoms with Crippen LogP contribution < -0.4 is 11.1 Å². The van der Waals surface area contributed by atoms with Crippen LogP contribution in [0.2, 0.25) is 0 Å². The van der Waals surface area contributed by atoms with Gasteiger partial charge in [-0.1, -0.05) is 12.1 Å². The standard InChI is InChI=1S/C14H24N2O/c1-10-4-5-13(12(3)11(10)2)6-7-16-8-14(15)9-17/h4-5,14,16-17H,6-9,15H2,1-3H3. The van der Waals surface area contributed by atoms with Crippen LogP contribution in [-0.2, 0) is 6.42 Å². The lowest BCUT2D eigenvalue weighted by molar-refractivity contribution is 0.262. The summed E-state index contributed by atoms with van der Waals surface area (Å²) in [4.78, 5) is 0. The van der Waals surface area contributed by atoms with Crippen LogP contribution in [0.5, 0.6) is 0 Å². The minimum absolute atomic E-state index is 0.0374. The van der Waals surface area contributed by atoms with Gasteiger partial charge in [0.15, 0.2) is 0 Å². The van der Waals surface area contributed by atoms with E-state index in [1.54, 1.807) is 0 Å². The molecule has 1 atom stereocenters. The van der Waals surface area contributed by atoms with Gasteiger partial charge >= 0.3 is 0 Å². The monoisotopic (exact) mass is 236 g/mol. The highest BCUT2D eigenvalue weighted by Crippen LogP contribution is 2.17. The third-order valence-corrected chi connectivity index (χ3v) is 3.38. The Morgan fingerprint density at radius 1 is 1.24 bits per heavy atom. The van der Waals surface area contributed by atoms with Crippen molar-refractivity contribution in [2.24, 2.45) is 5.73 Å². The highest BCUT2D eigenvalue weighted by molar-refractivity contribution is 5.38. The minimum Gasteiger partial charge on any atom is -0.395 e. The van der Waals surface area contributed by atoms with Gasteiger partial charge in [0, 0.05) is 12.6 Å².